The molecule has 2 aliphatic rings. The Morgan fingerprint density at radius 2 is 1.85 bits per heavy atom. The van der Waals surface area contributed by atoms with Crippen LogP contribution < -0.4 is 4.31 Å². The van der Waals surface area contributed by atoms with Crippen LogP contribution in [0.2, 0.25) is 0 Å². The molecule has 1 fully saturated rings. The summed E-state index contributed by atoms with van der Waals surface area (Å²) in [6.07, 6.45) is 0.692. The van der Waals surface area contributed by atoms with Gasteiger partial charge in [-0.1, -0.05) is 17.7 Å². The molecule has 2 aliphatic heterocycles. The van der Waals surface area contributed by atoms with Crippen molar-refractivity contribution in [3.63, 3.8) is 0 Å². The van der Waals surface area contributed by atoms with Gasteiger partial charge < -0.3 is 4.90 Å². The lowest BCUT2D eigenvalue weighted by atomic mass is 9.89. The molecule has 0 spiro atoms. The molecule has 4 nitrogen and oxygen atoms in total. The molecule has 7 heteroatoms. The Morgan fingerprint density at radius 1 is 1.08 bits per heavy atom. The van der Waals surface area contributed by atoms with E-state index in [2.05, 4.69) is 4.90 Å². The number of anilines is 1. The molecular weight excluding hydrogens is 358 g/mol. The van der Waals surface area contributed by atoms with Crippen molar-refractivity contribution < 1.29 is 17.2 Å². The van der Waals surface area contributed by atoms with Gasteiger partial charge in [-0.25, -0.2) is 17.2 Å². The van der Waals surface area contributed by atoms with Crippen LogP contribution in [-0.2, 0) is 10.0 Å². The van der Waals surface area contributed by atoms with Gasteiger partial charge in [-0.3, -0.25) is 4.31 Å². The number of halogens is 2. The number of hydrogen-bond donors (Lipinski definition) is 0. The molecule has 2 aromatic carbocycles. The average molecular weight is 378 g/mol. The van der Waals surface area contributed by atoms with Crippen molar-refractivity contribution in [1.29, 1.82) is 0 Å². The van der Waals surface area contributed by atoms with Gasteiger partial charge in [-0.2, -0.15) is 0 Å². The second-order valence-corrected chi connectivity index (χ2v) is 8.98. The van der Waals surface area contributed by atoms with Crippen LogP contribution in [0.3, 0.4) is 0 Å². The maximum absolute atomic E-state index is 13.7. The van der Waals surface area contributed by atoms with Gasteiger partial charge in [0.1, 0.15) is 0 Å². The van der Waals surface area contributed by atoms with Gasteiger partial charge in [0.25, 0.3) is 10.0 Å². The molecule has 26 heavy (non-hydrogen) atoms. The molecule has 2 atom stereocenters. The van der Waals surface area contributed by atoms with Gasteiger partial charge in [0.15, 0.2) is 11.6 Å². The van der Waals surface area contributed by atoms with Crippen LogP contribution in [0, 0.1) is 18.6 Å². The number of piperidine rings is 1. The van der Waals surface area contributed by atoms with E-state index >= 15 is 0 Å². The lowest BCUT2D eigenvalue weighted by Gasteiger charge is -2.36. The summed E-state index contributed by atoms with van der Waals surface area (Å²) in [4.78, 5) is 1.98. The van der Waals surface area contributed by atoms with Crippen molar-refractivity contribution in [3.05, 3.63) is 59.2 Å². The molecule has 0 aliphatic carbocycles. The number of rotatable bonds is 2. The molecule has 0 aromatic heterocycles. The summed E-state index contributed by atoms with van der Waals surface area (Å²) >= 11 is 0. The number of likely N-dealkylation sites (tertiary alicyclic amines) is 1. The Bertz CT molecular complexity index is 977. The van der Waals surface area contributed by atoms with E-state index in [4.69, 9.17) is 0 Å². The monoisotopic (exact) mass is 378 g/mol. The van der Waals surface area contributed by atoms with Gasteiger partial charge in [-0.15, -0.1) is 0 Å². The van der Waals surface area contributed by atoms with Crippen LogP contribution in [0.15, 0.2) is 41.3 Å². The van der Waals surface area contributed by atoms with E-state index in [0.717, 1.165) is 42.4 Å². The predicted molar refractivity (Wildman–Crippen MR) is 95.8 cm³/mol. The summed E-state index contributed by atoms with van der Waals surface area (Å²) in [5.41, 5.74) is 2.72. The summed E-state index contributed by atoms with van der Waals surface area (Å²) in [7, 11) is -1.96. The van der Waals surface area contributed by atoms with Crippen LogP contribution in [-0.4, -0.2) is 39.5 Å². The van der Waals surface area contributed by atoms with E-state index in [1.54, 1.807) is 0 Å². The molecular formula is C19H20F2N2O2S. The highest BCUT2D eigenvalue weighted by atomic mass is 32.2. The molecule has 0 amide bonds. The topological polar surface area (TPSA) is 40.6 Å². The largest absolute Gasteiger partial charge is 0.306 e. The fourth-order valence-corrected chi connectivity index (χ4v) is 5.85. The van der Waals surface area contributed by atoms with E-state index in [0.29, 0.717) is 12.1 Å². The lowest BCUT2D eigenvalue weighted by Crippen LogP contribution is -2.47. The Balaban J connectivity index is 1.86. The SMILES string of the molecule is Cc1ccc2c(c1)[C@@H]1CN(C)CC[C@H]1N2S(=O)(=O)c1ccc(F)c(F)c1. The minimum absolute atomic E-state index is 0.0729. The fourth-order valence-electron chi connectivity index (χ4n) is 4.10. The first-order valence-electron chi connectivity index (χ1n) is 8.57. The Labute approximate surface area is 152 Å². The predicted octanol–water partition coefficient (Wildman–Crippen LogP) is 3.27. The third kappa shape index (κ3) is 2.61. The smallest absolute Gasteiger partial charge is 0.264 e. The molecule has 4 rings (SSSR count). The van der Waals surface area contributed by atoms with Gasteiger partial charge in [0.05, 0.1) is 16.6 Å². The molecule has 0 saturated carbocycles. The van der Waals surface area contributed by atoms with Crippen molar-refractivity contribution >= 4 is 15.7 Å². The van der Waals surface area contributed by atoms with Crippen molar-refractivity contribution in [2.45, 2.75) is 30.2 Å². The quantitative estimate of drug-likeness (QED) is 0.805. The van der Waals surface area contributed by atoms with E-state index in [-0.39, 0.29) is 16.9 Å². The van der Waals surface area contributed by atoms with E-state index in [1.165, 1.54) is 4.31 Å². The summed E-state index contributed by atoms with van der Waals surface area (Å²) in [5.74, 6) is -2.14. The second-order valence-electron chi connectivity index (χ2n) is 7.16. The van der Waals surface area contributed by atoms with Gasteiger partial charge in [0, 0.05) is 12.5 Å². The maximum Gasteiger partial charge on any atom is 0.264 e. The van der Waals surface area contributed by atoms with Crippen molar-refractivity contribution in [2.24, 2.45) is 0 Å². The minimum atomic E-state index is -3.98. The van der Waals surface area contributed by atoms with Crippen molar-refractivity contribution in [3.8, 4) is 0 Å². The first-order chi connectivity index (χ1) is 12.3. The van der Waals surface area contributed by atoms with E-state index in [9.17, 15) is 17.2 Å². The highest BCUT2D eigenvalue weighted by molar-refractivity contribution is 7.92. The normalized spacial score (nSPS) is 23.0. The highest BCUT2D eigenvalue weighted by Crippen LogP contribution is 2.47. The Morgan fingerprint density at radius 3 is 2.58 bits per heavy atom. The summed E-state index contributed by atoms with van der Waals surface area (Å²) in [6, 6.07) is 8.28. The van der Waals surface area contributed by atoms with E-state index in [1.807, 2.05) is 32.2 Å². The molecule has 0 bridgehead atoms. The minimum Gasteiger partial charge on any atom is -0.306 e. The van der Waals surface area contributed by atoms with Gasteiger partial charge in [0.2, 0.25) is 0 Å². The zero-order chi connectivity index (χ0) is 18.6. The lowest BCUT2D eigenvalue weighted by molar-refractivity contribution is 0.237. The van der Waals surface area contributed by atoms with Gasteiger partial charge >= 0.3 is 0 Å². The first kappa shape index (κ1) is 17.4. The van der Waals surface area contributed by atoms with Gasteiger partial charge in [-0.05, 0) is 56.8 Å². The van der Waals surface area contributed by atoms with E-state index < -0.39 is 21.7 Å². The van der Waals surface area contributed by atoms with Crippen molar-refractivity contribution in [1.82, 2.24) is 4.90 Å². The number of benzene rings is 2. The first-order valence-corrected chi connectivity index (χ1v) is 10.0. The maximum atomic E-state index is 13.7. The summed E-state index contributed by atoms with van der Waals surface area (Å²) in [5, 5.41) is 0. The average Bonchev–Trinajstić information content (AvgIpc) is 2.91. The number of sulfonamides is 1. The van der Waals surface area contributed by atoms with Crippen LogP contribution in [0.25, 0.3) is 0 Å². The fraction of sp³-hybridized carbons (Fsp3) is 0.368. The van der Waals surface area contributed by atoms with Crippen molar-refractivity contribution in [2.75, 3.05) is 24.4 Å². The summed E-state index contributed by atoms with van der Waals surface area (Å²) < 4.78 is 55.0. The van der Waals surface area contributed by atoms with Crippen LogP contribution in [0.1, 0.15) is 23.5 Å². The zero-order valence-corrected chi connectivity index (χ0v) is 15.4. The molecule has 0 N–H and O–H groups in total. The van der Waals surface area contributed by atoms with Crippen LogP contribution >= 0.6 is 0 Å². The molecule has 0 unspecified atom stereocenters. The standard InChI is InChI=1S/C19H20F2N2O2S/c1-12-3-6-18-14(9-12)15-11-22(2)8-7-19(15)23(18)26(24,25)13-4-5-16(20)17(21)10-13/h3-6,9-10,15,19H,7-8,11H2,1-2H3/t15-,19+/m0/s1. The number of fused-ring (bicyclic) bond motifs is 3. The molecule has 138 valence electrons. The number of aryl methyl sites for hydroxylation is 1. The number of likely N-dealkylation sites (N-methyl/N-ethyl adjacent to an activating group) is 1. The molecule has 2 heterocycles. The Hall–Kier alpha value is -1.99. The third-order valence-electron chi connectivity index (χ3n) is 5.35. The highest BCUT2D eigenvalue weighted by Gasteiger charge is 2.46. The molecule has 0 radical (unpaired) electrons. The third-order valence-corrected chi connectivity index (χ3v) is 7.18. The summed E-state index contributed by atoms with van der Waals surface area (Å²) in [6.45, 7) is 3.54. The molecule has 2 aromatic rings. The number of nitrogens with zero attached hydrogens (tertiary/aromatic N) is 2. The second kappa shape index (κ2) is 6.03. The van der Waals surface area contributed by atoms with Crippen LogP contribution in [0.5, 0.6) is 0 Å². The number of hydrogen-bond acceptors (Lipinski definition) is 3. The van der Waals surface area contributed by atoms with Crippen LogP contribution in [0.4, 0.5) is 14.5 Å². The Kier molecular flexibility index (Phi) is 4.04. The molecule has 1 saturated heterocycles. The zero-order valence-electron chi connectivity index (χ0n) is 14.6.